The molecule has 1 aromatic heterocycles. The molecule has 1 fully saturated rings. The quantitative estimate of drug-likeness (QED) is 0.387. The Kier molecular flexibility index (Phi) is 7.88. The number of aliphatic hydroxyl groups excluding tert-OH is 2. The number of nitrogens with one attached hydrogen (secondary N) is 1. The molecule has 3 aromatic rings. The van der Waals surface area contributed by atoms with Crippen LogP contribution in [0.2, 0.25) is 5.02 Å². The number of aromatic hydroxyl groups is 1. The lowest BCUT2D eigenvalue weighted by Gasteiger charge is -2.29. The van der Waals surface area contributed by atoms with Crippen LogP contribution in [-0.4, -0.2) is 55.8 Å². The van der Waals surface area contributed by atoms with Crippen LogP contribution in [0.4, 0.5) is 0 Å². The van der Waals surface area contributed by atoms with E-state index in [-0.39, 0.29) is 11.9 Å². The minimum atomic E-state index is -1.92. The summed E-state index contributed by atoms with van der Waals surface area (Å²) in [4.78, 5) is 31.0. The molecule has 2 amide bonds. The summed E-state index contributed by atoms with van der Waals surface area (Å²) >= 11 is 6.09. The first-order valence-electron chi connectivity index (χ1n) is 11.7. The van der Waals surface area contributed by atoms with Crippen molar-refractivity contribution in [3.05, 3.63) is 83.0 Å². The van der Waals surface area contributed by atoms with Gasteiger partial charge in [-0.3, -0.25) is 9.59 Å². The maximum atomic E-state index is 13.0. The third-order valence-corrected chi connectivity index (χ3v) is 6.69. The highest BCUT2D eigenvalue weighted by Crippen LogP contribution is 2.34. The zero-order chi connectivity index (χ0) is 25.8. The topological polar surface area (TPSA) is 123 Å². The number of carbonyl (C=O) groups is 2. The Morgan fingerprint density at radius 3 is 2.53 bits per heavy atom. The molecule has 0 aliphatic carbocycles. The number of hydrogen-bond donors (Lipinski definition) is 4. The number of likely N-dealkylation sites (tertiary alicyclic amines) is 1. The van der Waals surface area contributed by atoms with Crippen molar-refractivity contribution >= 4 is 23.4 Å². The van der Waals surface area contributed by atoms with Gasteiger partial charge in [-0.1, -0.05) is 48.0 Å². The van der Waals surface area contributed by atoms with Gasteiger partial charge >= 0.3 is 0 Å². The summed E-state index contributed by atoms with van der Waals surface area (Å²) in [6.07, 6.45) is -0.886. The standard InChI is InChI=1S/C27H28ClN3O5/c1-16(17-9-11-18(12-10-17)21-7-3-13-29-25(21)34)30-26(35)23(32)24(33)27(36)31-14-4-8-22(31)19-5-2-6-20(28)15-19/h2-3,5-7,9-13,15-16,22-24,32-33H,4,8,14H2,1H3,(H,29,34)(H,30,35)/t16-,22-,23-,24-/m1/s1. The van der Waals surface area contributed by atoms with Crippen LogP contribution < -0.4 is 5.32 Å². The molecule has 36 heavy (non-hydrogen) atoms. The van der Waals surface area contributed by atoms with Gasteiger partial charge in [-0.2, -0.15) is 0 Å². The number of halogens is 1. The molecule has 188 valence electrons. The normalized spacial score (nSPS) is 17.9. The van der Waals surface area contributed by atoms with E-state index in [0.29, 0.717) is 23.6 Å². The van der Waals surface area contributed by atoms with Gasteiger partial charge in [-0.05, 0) is 60.7 Å². The molecule has 0 radical (unpaired) electrons. The van der Waals surface area contributed by atoms with Gasteiger partial charge in [0.15, 0.2) is 12.2 Å². The van der Waals surface area contributed by atoms with Crippen molar-refractivity contribution in [2.75, 3.05) is 6.54 Å². The smallest absolute Gasteiger partial charge is 0.255 e. The van der Waals surface area contributed by atoms with E-state index in [9.17, 15) is 24.9 Å². The summed E-state index contributed by atoms with van der Waals surface area (Å²) < 4.78 is 0. The van der Waals surface area contributed by atoms with Gasteiger partial charge in [0.1, 0.15) is 0 Å². The van der Waals surface area contributed by atoms with Crippen molar-refractivity contribution in [3.63, 3.8) is 0 Å². The van der Waals surface area contributed by atoms with E-state index in [2.05, 4.69) is 10.3 Å². The minimum Gasteiger partial charge on any atom is -0.493 e. The number of hydrogen-bond acceptors (Lipinski definition) is 6. The van der Waals surface area contributed by atoms with Crippen LogP contribution in [-0.2, 0) is 9.59 Å². The van der Waals surface area contributed by atoms with Gasteiger partial charge in [-0.25, -0.2) is 4.98 Å². The lowest BCUT2D eigenvalue weighted by Crippen LogP contribution is -2.50. The van der Waals surface area contributed by atoms with E-state index >= 15 is 0 Å². The first kappa shape index (κ1) is 25.6. The number of amides is 2. The number of benzene rings is 2. The van der Waals surface area contributed by atoms with E-state index in [1.54, 1.807) is 61.5 Å². The Morgan fingerprint density at radius 1 is 1.08 bits per heavy atom. The lowest BCUT2D eigenvalue weighted by atomic mass is 10.0. The Labute approximate surface area is 214 Å². The number of aliphatic hydroxyl groups is 2. The maximum Gasteiger partial charge on any atom is 0.255 e. The fourth-order valence-electron chi connectivity index (χ4n) is 4.49. The molecule has 0 unspecified atom stereocenters. The van der Waals surface area contributed by atoms with Crippen molar-refractivity contribution in [3.8, 4) is 17.0 Å². The van der Waals surface area contributed by atoms with E-state index in [1.807, 2.05) is 6.07 Å². The second kappa shape index (κ2) is 11.1. The zero-order valence-corrected chi connectivity index (χ0v) is 20.5. The molecule has 0 spiro atoms. The molecule has 4 rings (SSSR count). The van der Waals surface area contributed by atoms with Crippen molar-refractivity contribution in [1.82, 2.24) is 15.2 Å². The predicted octanol–water partition coefficient (Wildman–Crippen LogP) is 3.37. The average Bonchev–Trinajstić information content (AvgIpc) is 3.38. The highest BCUT2D eigenvalue weighted by Gasteiger charge is 2.38. The fourth-order valence-corrected chi connectivity index (χ4v) is 4.69. The summed E-state index contributed by atoms with van der Waals surface area (Å²) in [6.45, 7) is 2.14. The van der Waals surface area contributed by atoms with Crippen LogP contribution in [0, 0.1) is 0 Å². The Hall–Kier alpha value is -3.46. The molecule has 8 nitrogen and oxygen atoms in total. The SMILES string of the molecule is C[C@@H](NC(=O)[C@H](O)[C@@H](O)C(=O)N1CCC[C@@H]1c1cccc(Cl)c1)c1ccc(-c2cccnc2O)cc1. The number of carbonyl (C=O) groups excluding carboxylic acids is 2. The maximum absolute atomic E-state index is 13.0. The first-order chi connectivity index (χ1) is 17.3. The minimum absolute atomic E-state index is 0.0796. The Bertz CT molecular complexity index is 1240. The van der Waals surface area contributed by atoms with Crippen molar-refractivity contribution in [2.45, 2.75) is 44.1 Å². The molecule has 1 aliphatic rings. The summed E-state index contributed by atoms with van der Waals surface area (Å²) in [5.41, 5.74) is 2.92. The van der Waals surface area contributed by atoms with Gasteiger partial charge in [0, 0.05) is 23.3 Å². The second-order valence-electron chi connectivity index (χ2n) is 8.86. The van der Waals surface area contributed by atoms with Crippen LogP contribution in [0.1, 0.15) is 43.0 Å². The summed E-state index contributed by atoms with van der Waals surface area (Å²) in [5, 5.41) is 34.1. The summed E-state index contributed by atoms with van der Waals surface area (Å²) in [6, 6.07) is 17.0. The summed E-state index contributed by atoms with van der Waals surface area (Å²) in [5.74, 6) is -1.63. The van der Waals surface area contributed by atoms with Gasteiger partial charge in [0.25, 0.3) is 11.8 Å². The zero-order valence-electron chi connectivity index (χ0n) is 19.7. The van der Waals surface area contributed by atoms with Gasteiger partial charge in [0.05, 0.1) is 12.1 Å². The largest absolute Gasteiger partial charge is 0.493 e. The van der Waals surface area contributed by atoms with Crippen LogP contribution in [0.15, 0.2) is 66.9 Å². The van der Waals surface area contributed by atoms with Crippen LogP contribution >= 0.6 is 11.6 Å². The number of pyridine rings is 1. The van der Waals surface area contributed by atoms with Gasteiger partial charge in [-0.15, -0.1) is 0 Å². The Balaban J connectivity index is 1.39. The molecule has 0 saturated carbocycles. The first-order valence-corrected chi connectivity index (χ1v) is 12.1. The molecule has 2 aromatic carbocycles. The molecule has 1 aliphatic heterocycles. The van der Waals surface area contributed by atoms with Gasteiger partial charge in [0.2, 0.25) is 5.88 Å². The van der Waals surface area contributed by atoms with Gasteiger partial charge < -0.3 is 25.5 Å². The monoisotopic (exact) mass is 509 g/mol. The molecule has 2 heterocycles. The van der Waals surface area contributed by atoms with E-state index in [4.69, 9.17) is 11.6 Å². The molecule has 4 N–H and O–H groups in total. The summed E-state index contributed by atoms with van der Waals surface area (Å²) in [7, 11) is 0. The van der Waals surface area contributed by atoms with Crippen molar-refractivity contribution in [1.29, 1.82) is 0 Å². The van der Waals surface area contributed by atoms with Crippen molar-refractivity contribution in [2.24, 2.45) is 0 Å². The average molecular weight is 510 g/mol. The van der Waals surface area contributed by atoms with Crippen molar-refractivity contribution < 1.29 is 24.9 Å². The molecular formula is C27H28ClN3O5. The predicted molar refractivity (Wildman–Crippen MR) is 135 cm³/mol. The van der Waals surface area contributed by atoms with Crippen LogP contribution in [0.3, 0.4) is 0 Å². The fraction of sp³-hybridized carbons (Fsp3) is 0.296. The number of aromatic nitrogens is 1. The van der Waals surface area contributed by atoms with E-state index in [1.165, 1.54) is 11.1 Å². The number of rotatable bonds is 7. The highest BCUT2D eigenvalue weighted by molar-refractivity contribution is 6.30. The van der Waals surface area contributed by atoms with E-state index in [0.717, 1.165) is 23.1 Å². The van der Waals surface area contributed by atoms with E-state index < -0.39 is 30.1 Å². The molecule has 4 atom stereocenters. The molecular weight excluding hydrogens is 482 g/mol. The highest BCUT2D eigenvalue weighted by atomic mass is 35.5. The molecule has 0 bridgehead atoms. The Morgan fingerprint density at radius 2 is 1.83 bits per heavy atom. The number of nitrogens with zero attached hydrogens (tertiary/aromatic N) is 2. The molecule has 1 saturated heterocycles. The third kappa shape index (κ3) is 5.51. The van der Waals surface area contributed by atoms with Crippen LogP contribution in [0.25, 0.3) is 11.1 Å². The van der Waals surface area contributed by atoms with Crippen LogP contribution in [0.5, 0.6) is 5.88 Å². The third-order valence-electron chi connectivity index (χ3n) is 6.46. The molecule has 9 heteroatoms. The lowest BCUT2D eigenvalue weighted by molar-refractivity contribution is -0.154. The second-order valence-corrected chi connectivity index (χ2v) is 9.30.